The number of amides is 1. The molecular formula is C19H17FN4OS2. The summed E-state index contributed by atoms with van der Waals surface area (Å²) in [5, 5.41) is 4.01. The molecule has 138 valence electrons. The largest absolute Gasteiger partial charge is 0.331 e. The number of hydrazine groups is 1. The highest BCUT2D eigenvalue weighted by atomic mass is 32.2. The number of benzene rings is 2. The number of aryl methyl sites for hydroxylation is 1. The SMILES string of the molecule is Cc1ccc(NC(=S)NNC(=O)CSc2cccc3cccnc23)cc1F. The predicted molar refractivity (Wildman–Crippen MR) is 111 cm³/mol. The Morgan fingerprint density at radius 3 is 2.81 bits per heavy atom. The van der Waals surface area contributed by atoms with Crippen LogP contribution in [0.1, 0.15) is 5.56 Å². The van der Waals surface area contributed by atoms with Gasteiger partial charge in [-0.05, 0) is 49.0 Å². The van der Waals surface area contributed by atoms with Crippen LogP contribution in [-0.2, 0) is 4.79 Å². The number of nitrogens with one attached hydrogen (secondary N) is 3. The lowest BCUT2D eigenvalue weighted by atomic mass is 10.2. The zero-order chi connectivity index (χ0) is 19.2. The molecular weight excluding hydrogens is 383 g/mol. The molecule has 1 heterocycles. The molecule has 8 heteroatoms. The molecule has 0 unspecified atom stereocenters. The van der Waals surface area contributed by atoms with E-state index in [-0.39, 0.29) is 22.6 Å². The molecule has 0 aliphatic heterocycles. The van der Waals surface area contributed by atoms with Crippen molar-refractivity contribution in [1.82, 2.24) is 15.8 Å². The first-order valence-electron chi connectivity index (χ1n) is 8.11. The van der Waals surface area contributed by atoms with Crippen molar-refractivity contribution in [2.45, 2.75) is 11.8 Å². The third-order valence-corrected chi connectivity index (χ3v) is 4.95. The number of thiocarbonyl (C=S) groups is 1. The summed E-state index contributed by atoms with van der Waals surface area (Å²) in [6.45, 7) is 1.68. The monoisotopic (exact) mass is 400 g/mol. The zero-order valence-electron chi connectivity index (χ0n) is 14.5. The molecule has 1 aromatic heterocycles. The second-order valence-corrected chi connectivity index (χ2v) is 7.14. The van der Waals surface area contributed by atoms with E-state index in [0.717, 1.165) is 15.8 Å². The number of pyridine rings is 1. The van der Waals surface area contributed by atoms with Crippen LogP contribution in [0.2, 0.25) is 0 Å². The number of rotatable bonds is 4. The van der Waals surface area contributed by atoms with Crippen LogP contribution in [0.3, 0.4) is 0 Å². The number of hydrogen-bond acceptors (Lipinski definition) is 4. The molecule has 0 fully saturated rings. The lowest BCUT2D eigenvalue weighted by Gasteiger charge is -2.12. The van der Waals surface area contributed by atoms with Crippen molar-refractivity contribution in [3.8, 4) is 0 Å². The average Bonchev–Trinajstić information content (AvgIpc) is 2.67. The number of anilines is 1. The highest BCUT2D eigenvalue weighted by molar-refractivity contribution is 8.00. The molecule has 0 aliphatic carbocycles. The van der Waals surface area contributed by atoms with E-state index >= 15 is 0 Å². The van der Waals surface area contributed by atoms with Crippen molar-refractivity contribution < 1.29 is 9.18 Å². The number of halogens is 1. The summed E-state index contributed by atoms with van der Waals surface area (Å²) in [7, 11) is 0. The van der Waals surface area contributed by atoms with E-state index in [1.807, 2.05) is 30.3 Å². The number of para-hydroxylation sites is 1. The fourth-order valence-corrected chi connectivity index (χ4v) is 3.34. The highest BCUT2D eigenvalue weighted by Crippen LogP contribution is 2.25. The molecule has 0 saturated heterocycles. The van der Waals surface area contributed by atoms with Crippen molar-refractivity contribution in [2.75, 3.05) is 11.1 Å². The third kappa shape index (κ3) is 5.15. The van der Waals surface area contributed by atoms with Crippen LogP contribution in [0.15, 0.2) is 59.6 Å². The van der Waals surface area contributed by atoms with Crippen LogP contribution in [0, 0.1) is 12.7 Å². The quantitative estimate of drug-likeness (QED) is 0.352. The molecule has 1 amide bonds. The van der Waals surface area contributed by atoms with Crippen LogP contribution in [0.4, 0.5) is 10.1 Å². The van der Waals surface area contributed by atoms with Crippen molar-refractivity contribution in [3.63, 3.8) is 0 Å². The van der Waals surface area contributed by atoms with Gasteiger partial charge in [0.1, 0.15) is 5.82 Å². The van der Waals surface area contributed by atoms with Gasteiger partial charge in [-0.1, -0.05) is 24.3 Å². The third-order valence-electron chi connectivity index (χ3n) is 3.70. The summed E-state index contributed by atoms with van der Waals surface area (Å²) in [6, 6.07) is 14.4. The number of thioether (sulfide) groups is 1. The minimum atomic E-state index is -0.327. The van der Waals surface area contributed by atoms with Gasteiger partial charge in [0.15, 0.2) is 5.11 Å². The maximum absolute atomic E-state index is 13.5. The summed E-state index contributed by atoms with van der Waals surface area (Å²) in [4.78, 5) is 17.3. The Hall–Kier alpha value is -2.71. The molecule has 2 aromatic carbocycles. The van der Waals surface area contributed by atoms with Gasteiger partial charge >= 0.3 is 0 Å². The predicted octanol–water partition coefficient (Wildman–Crippen LogP) is 3.79. The number of aromatic nitrogens is 1. The Morgan fingerprint density at radius 2 is 2.00 bits per heavy atom. The first-order chi connectivity index (χ1) is 13.0. The Bertz CT molecular complexity index is 991. The molecule has 0 aliphatic rings. The molecule has 0 saturated carbocycles. The van der Waals surface area contributed by atoms with E-state index in [1.165, 1.54) is 17.8 Å². The molecule has 0 atom stereocenters. The summed E-state index contributed by atoms with van der Waals surface area (Å²) >= 11 is 6.48. The van der Waals surface area contributed by atoms with Crippen molar-refractivity contribution in [2.24, 2.45) is 0 Å². The number of nitrogens with zero attached hydrogens (tertiary/aromatic N) is 1. The summed E-state index contributed by atoms with van der Waals surface area (Å²) in [6.07, 6.45) is 1.73. The first-order valence-corrected chi connectivity index (χ1v) is 9.51. The Morgan fingerprint density at radius 1 is 1.19 bits per heavy atom. The van der Waals surface area contributed by atoms with Crippen LogP contribution >= 0.6 is 24.0 Å². The second kappa shape index (κ2) is 8.79. The molecule has 0 bridgehead atoms. The van der Waals surface area contributed by atoms with Crippen molar-refractivity contribution in [1.29, 1.82) is 0 Å². The molecule has 27 heavy (non-hydrogen) atoms. The average molecular weight is 401 g/mol. The zero-order valence-corrected chi connectivity index (χ0v) is 16.1. The van der Waals surface area contributed by atoms with Crippen LogP contribution in [-0.4, -0.2) is 21.8 Å². The first kappa shape index (κ1) is 19.1. The molecule has 3 N–H and O–H groups in total. The van der Waals surface area contributed by atoms with E-state index in [0.29, 0.717) is 11.3 Å². The maximum Gasteiger partial charge on any atom is 0.248 e. The molecule has 0 radical (unpaired) electrons. The minimum Gasteiger partial charge on any atom is -0.331 e. The van der Waals surface area contributed by atoms with Gasteiger partial charge in [-0.15, -0.1) is 11.8 Å². The molecule has 3 aromatic rings. The Balaban J connectivity index is 1.49. The summed E-state index contributed by atoms with van der Waals surface area (Å²) in [5.74, 6) is -0.371. The molecule has 3 rings (SSSR count). The number of fused-ring (bicyclic) bond motifs is 1. The van der Waals surface area contributed by atoms with E-state index in [4.69, 9.17) is 12.2 Å². The van der Waals surface area contributed by atoms with Gasteiger partial charge in [0.25, 0.3) is 0 Å². The fourth-order valence-electron chi connectivity index (χ4n) is 2.33. The fraction of sp³-hybridized carbons (Fsp3) is 0.105. The highest BCUT2D eigenvalue weighted by Gasteiger charge is 2.07. The van der Waals surface area contributed by atoms with E-state index in [2.05, 4.69) is 21.2 Å². The van der Waals surface area contributed by atoms with Gasteiger partial charge in [0.05, 0.1) is 11.3 Å². The summed E-state index contributed by atoms with van der Waals surface area (Å²) in [5.41, 5.74) is 7.04. The maximum atomic E-state index is 13.5. The van der Waals surface area contributed by atoms with Crippen LogP contribution in [0.25, 0.3) is 10.9 Å². The molecule has 5 nitrogen and oxygen atoms in total. The van der Waals surface area contributed by atoms with E-state index in [9.17, 15) is 9.18 Å². The van der Waals surface area contributed by atoms with Gasteiger partial charge in [-0.25, -0.2) is 4.39 Å². The second-order valence-electron chi connectivity index (χ2n) is 5.71. The topological polar surface area (TPSA) is 66.0 Å². The number of carbonyl (C=O) groups is 1. The number of carbonyl (C=O) groups excluding carboxylic acids is 1. The Labute approximate surface area is 165 Å². The van der Waals surface area contributed by atoms with Crippen LogP contribution in [0.5, 0.6) is 0 Å². The minimum absolute atomic E-state index is 0.170. The normalized spacial score (nSPS) is 10.4. The van der Waals surface area contributed by atoms with Gasteiger partial charge < -0.3 is 5.32 Å². The van der Waals surface area contributed by atoms with Gasteiger partial charge in [0, 0.05) is 22.2 Å². The van der Waals surface area contributed by atoms with E-state index in [1.54, 1.807) is 25.3 Å². The van der Waals surface area contributed by atoms with Gasteiger partial charge in [-0.3, -0.25) is 20.6 Å². The lowest BCUT2D eigenvalue weighted by molar-refractivity contribution is -0.119. The van der Waals surface area contributed by atoms with Gasteiger partial charge in [0.2, 0.25) is 5.91 Å². The number of hydrogen-bond donors (Lipinski definition) is 3. The standard InChI is InChI=1S/C19H17FN4OS2/c1-12-7-8-14(10-15(12)20)22-19(26)24-23-17(25)11-27-16-6-2-4-13-5-3-9-21-18(13)16/h2-10H,11H2,1H3,(H,23,25)(H2,22,24,26). The van der Waals surface area contributed by atoms with E-state index < -0.39 is 0 Å². The smallest absolute Gasteiger partial charge is 0.248 e. The Kier molecular flexibility index (Phi) is 6.20. The van der Waals surface area contributed by atoms with Crippen LogP contribution < -0.4 is 16.2 Å². The van der Waals surface area contributed by atoms with Gasteiger partial charge in [-0.2, -0.15) is 0 Å². The van der Waals surface area contributed by atoms with Crippen molar-refractivity contribution in [3.05, 3.63) is 66.1 Å². The van der Waals surface area contributed by atoms with Crippen molar-refractivity contribution >= 4 is 51.6 Å². The summed E-state index contributed by atoms with van der Waals surface area (Å²) < 4.78 is 13.5. The molecule has 0 spiro atoms. The lowest BCUT2D eigenvalue weighted by Crippen LogP contribution is -2.44.